The van der Waals surface area contributed by atoms with Crippen molar-refractivity contribution in [2.75, 3.05) is 5.32 Å². The van der Waals surface area contributed by atoms with E-state index in [-0.39, 0.29) is 47.8 Å². The molecule has 154 valence electrons. The van der Waals surface area contributed by atoms with E-state index in [0.717, 1.165) is 24.8 Å². The average molecular weight is 423 g/mol. The first-order valence-corrected chi connectivity index (χ1v) is 10.9. The van der Waals surface area contributed by atoms with Crippen molar-refractivity contribution < 1.29 is 14.4 Å². The molecule has 1 saturated heterocycles. The molecule has 5 rings (SSSR count). The van der Waals surface area contributed by atoms with Crippen LogP contribution in [-0.2, 0) is 20.8 Å². The van der Waals surface area contributed by atoms with Gasteiger partial charge in [-0.05, 0) is 48.8 Å². The van der Waals surface area contributed by atoms with Gasteiger partial charge in [-0.2, -0.15) is 0 Å². The van der Waals surface area contributed by atoms with Crippen molar-refractivity contribution in [3.8, 4) is 0 Å². The minimum Gasteiger partial charge on any atom is -0.323 e. The van der Waals surface area contributed by atoms with Crippen LogP contribution in [0.25, 0.3) is 0 Å². The Morgan fingerprint density at radius 3 is 2.20 bits per heavy atom. The van der Waals surface area contributed by atoms with Gasteiger partial charge >= 0.3 is 0 Å². The lowest BCUT2D eigenvalue weighted by atomic mass is 9.81. The molecule has 1 heterocycles. The summed E-state index contributed by atoms with van der Waals surface area (Å²) in [7, 11) is 0. The summed E-state index contributed by atoms with van der Waals surface area (Å²) < 4.78 is 0. The number of rotatable bonds is 5. The third-order valence-electron chi connectivity index (χ3n) is 6.98. The van der Waals surface area contributed by atoms with Crippen molar-refractivity contribution in [2.24, 2.45) is 23.7 Å². The van der Waals surface area contributed by atoms with Crippen molar-refractivity contribution in [2.45, 2.75) is 31.7 Å². The van der Waals surface area contributed by atoms with Crippen molar-refractivity contribution in [3.05, 3.63) is 65.2 Å². The number of halogens is 1. The Balaban J connectivity index is 1.47. The Bertz CT molecular complexity index is 981. The monoisotopic (exact) mass is 422 g/mol. The van der Waals surface area contributed by atoms with Gasteiger partial charge in [0, 0.05) is 6.42 Å². The topological polar surface area (TPSA) is 66.5 Å². The van der Waals surface area contributed by atoms with Gasteiger partial charge in [0.25, 0.3) is 0 Å². The summed E-state index contributed by atoms with van der Waals surface area (Å²) >= 11 is 6.21. The highest BCUT2D eigenvalue weighted by molar-refractivity contribution is 6.33. The van der Waals surface area contributed by atoms with Crippen LogP contribution >= 0.6 is 11.6 Å². The van der Waals surface area contributed by atoms with E-state index in [2.05, 4.69) is 5.32 Å². The molecule has 1 aliphatic heterocycles. The zero-order valence-corrected chi connectivity index (χ0v) is 17.2. The van der Waals surface area contributed by atoms with Crippen LogP contribution in [0, 0.1) is 23.7 Å². The maximum atomic E-state index is 13.3. The molecule has 2 aromatic rings. The molecule has 0 unspecified atom stereocenters. The first-order valence-electron chi connectivity index (χ1n) is 10.5. The quantitative estimate of drug-likeness (QED) is 0.742. The predicted molar refractivity (Wildman–Crippen MR) is 114 cm³/mol. The Hall–Kier alpha value is -2.66. The van der Waals surface area contributed by atoms with Gasteiger partial charge in [0.1, 0.15) is 6.04 Å². The number of likely N-dealkylation sites (tertiary alicyclic amines) is 1. The van der Waals surface area contributed by atoms with E-state index >= 15 is 0 Å². The molecule has 5 nitrogen and oxygen atoms in total. The van der Waals surface area contributed by atoms with Crippen LogP contribution < -0.4 is 5.32 Å². The molecule has 2 bridgehead atoms. The van der Waals surface area contributed by atoms with Gasteiger partial charge in [-0.25, -0.2) is 0 Å². The summed E-state index contributed by atoms with van der Waals surface area (Å²) in [6.07, 6.45) is 3.26. The predicted octanol–water partition coefficient (Wildman–Crippen LogP) is 3.92. The zero-order chi connectivity index (χ0) is 20.8. The summed E-state index contributed by atoms with van der Waals surface area (Å²) in [5.74, 6) is -0.665. The van der Waals surface area contributed by atoms with E-state index in [4.69, 9.17) is 11.6 Å². The number of amides is 3. The number of nitrogens with zero attached hydrogens (tertiary/aromatic N) is 1. The van der Waals surface area contributed by atoms with Crippen molar-refractivity contribution in [1.29, 1.82) is 0 Å². The zero-order valence-electron chi connectivity index (χ0n) is 16.5. The van der Waals surface area contributed by atoms with Crippen LogP contribution in [0.3, 0.4) is 0 Å². The maximum absolute atomic E-state index is 13.3. The van der Waals surface area contributed by atoms with Crippen LogP contribution in [-0.4, -0.2) is 28.7 Å². The first-order chi connectivity index (χ1) is 14.5. The van der Waals surface area contributed by atoms with Crippen molar-refractivity contribution in [3.63, 3.8) is 0 Å². The van der Waals surface area contributed by atoms with E-state index in [0.29, 0.717) is 10.7 Å². The molecule has 2 saturated carbocycles. The number of anilines is 1. The molecular weight excluding hydrogens is 400 g/mol. The fraction of sp³-hybridized carbons (Fsp3) is 0.375. The molecule has 30 heavy (non-hydrogen) atoms. The highest BCUT2D eigenvalue weighted by Crippen LogP contribution is 2.56. The molecule has 0 radical (unpaired) electrons. The lowest BCUT2D eigenvalue weighted by Gasteiger charge is -2.27. The molecule has 6 heteroatoms. The largest absolute Gasteiger partial charge is 0.323 e. The molecule has 0 spiro atoms. The summed E-state index contributed by atoms with van der Waals surface area (Å²) in [6, 6.07) is 15.6. The summed E-state index contributed by atoms with van der Waals surface area (Å²) in [4.78, 5) is 41.3. The number of hydrogen-bond acceptors (Lipinski definition) is 3. The number of hydrogen-bond donors (Lipinski definition) is 1. The van der Waals surface area contributed by atoms with Gasteiger partial charge < -0.3 is 5.32 Å². The number of benzene rings is 2. The molecule has 0 aromatic heterocycles. The maximum Gasteiger partial charge on any atom is 0.248 e. The van der Waals surface area contributed by atoms with E-state index in [1.807, 2.05) is 30.3 Å². The fourth-order valence-electron chi connectivity index (χ4n) is 5.66. The third kappa shape index (κ3) is 3.12. The van der Waals surface area contributed by atoms with Crippen LogP contribution in [0.5, 0.6) is 0 Å². The van der Waals surface area contributed by atoms with Crippen LogP contribution in [0.2, 0.25) is 5.02 Å². The SMILES string of the molecule is O=C(Nc1ccccc1Cl)[C@H](Cc1ccccc1)N1C(=O)[C@@H]2[C@@H]3CC[C@@H](C3)[C@@H]2C1=O. The normalized spacial score (nSPS) is 28.0. The van der Waals surface area contributed by atoms with Gasteiger partial charge in [-0.1, -0.05) is 54.1 Å². The highest BCUT2D eigenvalue weighted by atomic mass is 35.5. The van der Waals surface area contributed by atoms with Crippen LogP contribution in [0.1, 0.15) is 24.8 Å². The summed E-state index contributed by atoms with van der Waals surface area (Å²) in [5, 5.41) is 3.25. The Kier molecular flexibility index (Phi) is 4.86. The number of fused-ring (bicyclic) bond motifs is 5. The second-order valence-electron chi connectivity index (χ2n) is 8.61. The number of carbonyl (C=O) groups is 3. The van der Waals surface area contributed by atoms with Gasteiger partial charge in [0.2, 0.25) is 17.7 Å². The van der Waals surface area contributed by atoms with Gasteiger partial charge in [0.05, 0.1) is 22.5 Å². The minimum atomic E-state index is -0.895. The Labute approximate surface area is 180 Å². The van der Waals surface area contributed by atoms with E-state index in [9.17, 15) is 14.4 Å². The molecule has 3 amide bonds. The van der Waals surface area contributed by atoms with Gasteiger partial charge in [-0.3, -0.25) is 19.3 Å². The molecule has 3 fully saturated rings. The number of nitrogens with one attached hydrogen (secondary N) is 1. The van der Waals surface area contributed by atoms with Crippen molar-refractivity contribution >= 4 is 35.0 Å². The summed E-state index contributed by atoms with van der Waals surface area (Å²) in [6.45, 7) is 0. The number of carbonyl (C=O) groups excluding carboxylic acids is 3. The number of imide groups is 1. The standard InChI is InChI=1S/C24H23ClN2O3/c25-17-8-4-5-9-18(17)26-22(28)19(12-14-6-2-1-3-7-14)27-23(29)20-15-10-11-16(13-15)21(20)24(27)30/h1-9,15-16,19-21H,10-13H2,(H,26,28)/t15-,16+,19-,20-,21+/m0/s1. The molecule has 1 N–H and O–H groups in total. The van der Waals surface area contributed by atoms with E-state index < -0.39 is 6.04 Å². The number of para-hydroxylation sites is 1. The Morgan fingerprint density at radius 1 is 0.967 bits per heavy atom. The highest BCUT2D eigenvalue weighted by Gasteiger charge is 2.62. The first kappa shape index (κ1) is 19.3. The second kappa shape index (κ2) is 7.55. The van der Waals surface area contributed by atoms with E-state index in [1.54, 1.807) is 24.3 Å². The summed E-state index contributed by atoms with van der Waals surface area (Å²) in [5.41, 5.74) is 1.37. The Morgan fingerprint density at radius 2 is 1.57 bits per heavy atom. The molecule has 3 aliphatic rings. The molecule has 2 aliphatic carbocycles. The fourth-order valence-corrected chi connectivity index (χ4v) is 5.84. The van der Waals surface area contributed by atoms with E-state index in [1.165, 1.54) is 4.90 Å². The molecule has 2 aromatic carbocycles. The van der Waals surface area contributed by atoms with Crippen LogP contribution in [0.4, 0.5) is 5.69 Å². The molecule has 5 atom stereocenters. The van der Waals surface area contributed by atoms with Crippen molar-refractivity contribution in [1.82, 2.24) is 4.90 Å². The third-order valence-corrected chi connectivity index (χ3v) is 7.31. The van der Waals surface area contributed by atoms with Crippen LogP contribution in [0.15, 0.2) is 54.6 Å². The molecular formula is C24H23ClN2O3. The average Bonchev–Trinajstić information content (AvgIpc) is 3.43. The second-order valence-corrected chi connectivity index (χ2v) is 9.01. The van der Waals surface area contributed by atoms with Gasteiger partial charge in [0.15, 0.2) is 0 Å². The minimum absolute atomic E-state index is 0.174. The lowest BCUT2D eigenvalue weighted by molar-refractivity contribution is -0.147. The van der Waals surface area contributed by atoms with Gasteiger partial charge in [-0.15, -0.1) is 0 Å². The smallest absolute Gasteiger partial charge is 0.248 e. The lowest BCUT2D eigenvalue weighted by Crippen LogP contribution is -2.49.